The van der Waals surface area contributed by atoms with Crippen molar-refractivity contribution in [3.05, 3.63) is 0 Å². The Morgan fingerprint density at radius 2 is 0.319 bits per heavy atom. The van der Waals surface area contributed by atoms with Crippen molar-refractivity contribution in [1.82, 2.24) is 0 Å². The predicted octanol–water partition coefficient (Wildman–Crippen LogP) is -5.42. The first-order chi connectivity index (χ1) is 30.4. The second-order valence-electron chi connectivity index (χ2n) is 12.9. The summed E-state index contributed by atoms with van der Waals surface area (Å²) in [6.07, 6.45) is -37.2. The molecule has 69 heavy (non-hydrogen) atoms. The monoisotopic (exact) mass is 1230 g/mol. The van der Waals surface area contributed by atoms with Crippen molar-refractivity contribution in [1.29, 1.82) is 0 Å². The Morgan fingerprint density at radius 3 is 0.435 bits per heavy atom. The first-order valence-electron chi connectivity index (χ1n) is 16.6. The van der Waals surface area contributed by atoms with Gasteiger partial charge in [-0.3, -0.25) is 45.2 Å². The summed E-state index contributed by atoms with van der Waals surface area (Å²) in [7, 11) is -61.7. The first-order valence-corrected chi connectivity index (χ1v) is 31.9. The van der Waals surface area contributed by atoms with Crippen LogP contribution in [0.25, 0.3) is 0 Å². The third kappa shape index (κ3) is 26.1. The summed E-state index contributed by atoms with van der Waals surface area (Å²) in [4.78, 5) is 191. The van der Waals surface area contributed by atoms with E-state index in [4.69, 9.17) is 14.2 Å². The largest absolute Gasteiger partial charge is 0.470 e. The van der Waals surface area contributed by atoms with E-state index >= 15 is 0 Å². The molecular weight excluding hydrogens is 1190 g/mol. The van der Waals surface area contributed by atoms with Crippen molar-refractivity contribution in [2.75, 3.05) is 26.4 Å². The van der Waals surface area contributed by atoms with E-state index in [9.17, 15) is 144 Å². The van der Waals surface area contributed by atoms with Gasteiger partial charge in [0.1, 0.15) is 73.2 Å². The lowest BCUT2D eigenvalue weighted by molar-refractivity contribution is -0.224. The van der Waals surface area contributed by atoms with E-state index in [2.05, 4.69) is 45.2 Å². The molecule has 0 radical (unpaired) electrons. The van der Waals surface area contributed by atoms with Crippen LogP contribution in [0.1, 0.15) is 0 Å². The summed E-state index contributed by atoms with van der Waals surface area (Å²) in [6.45, 7) is -4.72. The molecule has 12 atom stereocenters. The van der Waals surface area contributed by atoms with Gasteiger partial charge in [-0.15, -0.1) is 0 Å². The van der Waals surface area contributed by atoms with Crippen LogP contribution in [-0.4, -0.2) is 198 Å². The molecule has 2 saturated carbocycles. The predicted molar refractivity (Wildman–Crippen MR) is 199 cm³/mol. The highest BCUT2D eigenvalue weighted by Gasteiger charge is 2.63. The molecule has 2 rings (SSSR count). The van der Waals surface area contributed by atoms with Gasteiger partial charge in [-0.1, -0.05) is 0 Å². The average Bonchev–Trinajstić information content (AvgIpc) is 3.03. The van der Waals surface area contributed by atoms with Gasteiger partial charge >= 0.3 is 78.2 Å². The number of phosphoric acid groups is 10. The summed E-state index contributed by atoms with van der Waals surface area (Å²) in [5.41, 5.74) is 0. The molecule has 0 aromatic carbocycles. The summed E-state index contributed by atoms with van der Waals surface area (Å²) in [6, 6.07) is 0. The van der Waals surface area contributed by atoms with Gasteiger partial charge in [-0.2, -0.15) is 0 Å². The topological polar surface area (TPSA) is 695 Å². The quantitative estimate of drug-likeness (QED) is 0.0257. The second-order valence-corrected chi connectivity index (χ2v) is 24.8. The molecule has 20 N–H and O–H groups in total. The van der Waals surface area contributed by atoms with E-state index in [1.165, 1.54) is 0 Å². The molecule has 0 aliphatic heterocycles. The van der Waals surface area contributed by atoms with Crippen LogP contribution >= 0.6 is 78.2 Å². The fourth-order valence-corrected chi connectivity index (χ4v) is 11.6. The first kappa shape index (κ1) is 66.1. The van der Waals surface area contributed by atoms with Crippen LogP contribution < -0.4 is 0 Å². The van der Waals surface area contributed by atoms with Crippen LogP contribution in [0.5, 0.6) is 0 Å². The molecule has 4 unspecified atom stereocenters. The highest BCUT2D eigenvalue weighted by atomic mass is 31.2. The van der Waals surface area contributed by atoms with E-state index in [1.807, 2.05) is 0 Å². The molecule has 0 amide bonds. The molecule has 2 aliphatic rings. The van der Waals surface area contributed by atoms with E-state index in [1.54, 1.807) is 0 Å². The van der Waals surface area contributed by atoms with Gasteiger partial charge in [0.05, 0.1) is 26.4 Å². The Labute approximate surface area is 380 Å². The Bertz CT molecular complexity index is 1920. The maximum absolute atomic E-state index is 12.0. The number of hydrogen-bond acceptors (Lipinski definition) is 23. The number of ether oxygens (including phenoxy) is 3. The summed E-state index contributed by atoms with van der Waals surface area (Å²) < 4.78 is 178. The van der Waals surface area contributed by atoms with Crippen LogP contribution in [0.2, 0.25) is 0 Å². The highest BCUT2D eigenvalue weighted by molar-refractivity contribution is 7.48. The molecule has 0 saturated heterocycles. The van der Waals surface area contributed by atoms with E-state index in [0.29, 0.717) is 0 Å². The molecule has 0 spiro atoms. The molecule has 412 valence electrons. The minimum absolute atomic E-state index is 1.09. The molecule has 53 heteroatoms. The minimum atomic E-state index is -6.18. The van der Waals surface area contributed by atoms with Crippen LogP contribution in [-0.2, 0) is 105 Å². The van der Waals surface area contributed by atoms with Crippen LogP contribution in [0.3, 0.4) is 0 Å². The van der Waals surface area contributed by atoms with Gasteiger partial charge in [0.2, 0.25) is 0 Å². The van der Waals surface area contributed by atoms with Gasteiger partial charge in [-0.25, -0.2) is 45.7 Å². The van der Waals surface area contributed by atoms with Crippen molar-refractivity contribution >= 4 is 78.2 Å². The molecule has 43 nitrogen and oxygen atoms in total. The number of hydrogen-bond donors (Lipinski definition) is 20. The van der Waals surface area contributed by atoms with Gasteiger partial charge in [0.15, 0.2) is 0 Å². The summed E-state index contributed by atoms with van der Waals surface area (Å²) >= 11 is 0. The Kier molecular flexibility index (Phi) is 23.5. The SMILES string of the molecule is O=P(O)(O)OC1[C@@H](OP(=O)(O)O)[C@H](OP(=O)(O)O)C(OCCOCCOC2[C@@H](OP(=O)(O)O)[C@H](OP(=O)(O)O)C(OP(=O)(O)O)[C@H](OP(=O)(O)O)[C@H]2OP(=O)(O)O)[C@H](OP(=O)(O)O)[C@H]1OP(=O)(O)O. The lowest BCUT2D eigenvalue weighted by Crippen LogP contribution is -2.66. The number of phosphoric ester groups is 10. The minimum Gasteiger partial charge on any atom is -0.377 e. The van der Waals surface area contributed by atoms with Gasteiger partial charge in [0, 0.05) is 0 Å². The van der Waals surface area contributed by atoms with Crippen molar-refractivity contribution in [3.63, 3.8) is 0 Å². The van der Waals surface area contributed by atoms with E-state index < -0.39 is 178 Å². The third-order valence-corrected chi connectivity index (χ3v) is 12.7. The molecule has 2 fully saturated rings. The van der Waals surface area contributed by atoms with Gasteiger partial charge < -0.3 is 112 Å². The third-order valence-electron chi connectivity index (χ3n) is 7.55. The zero-order valence-corrected chi connectivity index (χ0v) is 41.5. The van der Waals surface area contributed by atoms with Crippen LogP contribution in [0.4, 0.5) is 0 Å². The smallest absolute Gasteiger partial charge is 0.377 e. The standard InChI is InChI=1S/C16H40O43P10/c17-60(18,19)50-7-5(8(51-61(20,21)22)12(55-65(32,33)34)15(58-68(41,42)43)11(7)54-64(29,30)31)48-3-1-47-2-4-49-6-9(52-62(23,24)25)13(56-66(35,36)37)16(59-69(44,45)46)14(57-67(38,39)40)10(6)53-63(26,27)28/h5-16H,1-4H2,(H2,17,18,19)(H2,20,21,22)(H2,23,24,25)(H2,26,27,28)(H2,29,30,31)(H2,32,33,34)(H2,35,36,37)(H2,38,39,40)(H2,41,42,43)(H2,44,45,46)/t5?,6?,7-,8+,9-,10+,11+,12-,13+,14-,15?,16?. The molecular formula is C16H40O43P10. The Hall–Kier alpha value is 0.980. The van der Waals surface area contributed by atoms with Crippen LogP contribution in [0.15, 0.2) is 0 Å². The molecule has 0 heterocycles. The highest BCUT2D eigenvalue weighted by Crippen LogP contribution is 2.58. The molecule has 0 aromatic rings. The lowest BCUT2D eigenvalue weighted by atomic mass is 9.85. The normalized spacial score (nSPS) is 29.9. The van der Waals surface area contributed by atoms with Crippen molar-refractivity contribution in [2.24, 2.45) is 0 Å². The lowest BCUT2D eigenvalue weighted by Gasteiger charge is -2.48. The Balaban J connectivity index is 2.65. The second kappa shape index (κ2) is 24.5. The van der Waals surface area contributed by atoms with Crippen molar-refractivity contribution < 1.29 is 203 Å². The fourth-order valence-electron chi connectivity index (χ4n) is 6.00. The summed E-state index contributed by atoms with van der Waals surface area (Å²) in [5.74, 6) is 0. The zero-order valence-electron chi connectivity index (χ0n) is 32.6. The molecule has 0 aromatic heterocycles. The maximum Gasteiger partial charge on any atom is 0.470 e. The fraction of sp³-hybridized carbons (Fsp3) is 1.00. The van der Waals surface area contributed by atoms with Crippen LogP contribution in [0, 0.1) is 0 Å². The maximum atomic E-state index is 12.0. The Morgan fingerprint density at radius 1 is 0.203 bits per heavy atom. The zero-order chi connectivity index (χ0) is 53.9. The molecule has 2 aliphatic carbocycles. The number of rotatable bonds is 28. The molecule has 0 bridgehead atoms. The van der Waals surface area contributed by atoms with E-state index in [0.717, 1.165) is 0 Å². The van der Waals surface area contributed by atoms with Gasteiger partial charge in [-0.05, 0) is 0 Å². The average molecular weight is 1230 g/mol. The van der Waals surface area contributed by atoms with Crippen molar-refractivity contribution in [3.8, 4) is 0 Å². The van der Waals surface area contributed by atoms with E-state index in [-0.39, 0.29) is 0 Å². The van der Waals surface area contributed by atoms with Gasteiger partial charge in [0.25, 0.3) is 0 Å². The van der Waals surface area contributed by atoms with Crippen molar-refractivity contribution in [2.45, 2.75) is 73.2 Å². The summed E-state index contributed by atoms with van der Waals surface area (Å²) in [5, 5.41) is 0.